The number of hydrogen-bond donors (Lipinski definition) is 1. The van der Waals surface area contributed by atoms with Gasteiger partial charge in [0, 0.05) is 19.9 Å². The van der Waals surface area contributed by atoms with E-state index in [1.54, 1.807) is 19.5 Å². The summed E-state index contributed by atoms with van der Waals surface area (Å²) in [6.07, 6.45) is 5.05. The average Bonchev–Trinajstić information content (AvgIpc) is 2.86. The Kier molecular flexibility index (Phi) is 2.53. The number of nitrogens with one attached hydrogen (secondary N) is 1. The maximum absolute atomic E-state index is 5.37. The molecule has 0 aliphatic carbocycles. The van der Waals surface area contributed by atoms with Crippen molar-refractivity contribution >= 4 is 6.01 Å². The second kappa shape index (κ2) is 4.00. The Labute approximate surface area is 81.9 Å². The first-order valence-corrected chi connectivity index (χ1v) is 4.53. The zero-order valence-electron chi connectivity index (χ0n) is 7.99. The molecule has 14 heavy (non-hydrogen) atoms. The lowest BCUT2D eigenvalue weighted by molar-refractivity contribution is 0.479. The van der Waals surface area contributed by atoms with Gasteiger partial charge in [0.2, 0.25) is 0 Å². The predicted octanol–water partition coefficient (Wildman–Crippen LogP) is 2.09. The van der Waals surface area contributed by atoms with Crippen LogP contribution in [0.4, 0.5) is 6.01 Å². The quantitative estimate of drug-likeness (QED) is 0.805. The van der Waals surface area contributed by atoms with Gasteiger partial charge in [-0.2, -0.15) is 0 Å². The van der Waals surface area contributed by atoms with Gasteiger partial charge in [-0.3, -0.25) is 0 Å². The van der Waals surface area contributed by atoms with Gasteiger partial charge in [-0.15, -0.1) is 0 Å². The molecule has 0 spiro atoms. The molecule has 0 aromatic carbocycles. The molecule has 0 saturated heterocycles. The number of anilines is 1. The van der Waals surface area contributed by atoms with Crippen molar-refractivity contribution in [3.8, 4) is 0 Å². The van der Waals surface area contributed by atoms with Gasteiger partial charge in [0.15, 0.2) is 0 Å². The molecule has 0 aliphatic heterocycles. The SMILES string of the molecule is CNc1ncc(CCc2ccco2)o1. The van der Waals surface area contributed by atoms with E-state index in [1.807, 2.05) is 12.1 Å². The molecule has 1 N–H and O–H groups in total. The Morgan fingerprint density at radius 3 is 2.86 bits per heavy atom. The first-order chi connectivity index (χ1) is 6.88. The van der Waals surface area contributed by atoms with E-state index in [0.717, 1.165) is 24.4 Å². The molecule has 0 amide bonds. The Hall–Kier alpha value is -1.71. The molecule has 0 fully saturated rings. The second-order valence-corrected chi connectivity index (χ2v) is 2.96. The maximum Gasteiger partial charge on any atom is 0.294 e. The van der Waals surface area contributed by atoms with Crippen LogP contribution in [-0.2, 0) is 12.8 Å². The fraction of sp³-hybridized carbons (Fsp3) is 0.300. The van der Waals surface area contributed by atoms with Gasteiger partial charge in [0.1, 0.15) is 11.5 Å². The summed E-state index contributed by atoms with van der Waals surface area (Å²) in [7, 11) is 1.78. The van der Waals surface area contributed by atoms with Crippen molar-refractivity contribution in [1.82, 2.24) is 4.98 Å². The number of hydrogen-bond acceptors (Lipinski definition) is 4. The molecule has 2 heterocycles. The van der Waals surface area contributed by atoms with E-state index in [9.17, 15) is 0 Å². The van der Waals surface area contributed by atoms with Crippen LogP contribution < -0.4 is 5.32 Å². The van der Waals surface area contributed by atoms with Gasteiger partial charge < -0.3 is 14.2 Å². The highest BCUT2D eigenvalue weighted by atomic mass is 16.4. The molecule has 2 aromatic heterocycles. The largest absolute Gasteiger partial charge is 0.469 e. The zero-order valence-corrected chi connectivity index (χ0v) is 7.99. The van der Waals surface area contributed by atoms with E-state index in [1.165, 1.54) is 0 Å². The summed E-state index contributed by atoms with van der Waals surface area (Å²) in [6.45, 7) is 0. The molecule has 0 bridgehead atoms. The van der Waals surface area contributed by atoms with Crippen molar-refractivity contribution in [3.63, 3.8) is 0 Å². The summed E-state index contributed by atoms with van der Waals surface area (Å²) < 4.78 is 10.6. The lowest BCUT2D eigenvalue weighted by atomic mass is 10.2. The molecule has 74 valence electrons. The summed E-state index contributed by atoms with van der Waals surface area (Å²) in [4.78, 5) is 4.03. The Balaban J connectivity index is 1.92. The highest BCUT2D eigenvalue weighted by molar-refractivity contribution is 5.18. The molecule has 4 nitrogen and oxygen atoms in total. The van der Waals surface area contributed by atoms with E-state index in [2.05, 4.69) is 10.3 Å². The number of furan rings is 1. The molecule has 0 atom stereocenters. The van der Waals surface area contributed by atoms with Crippen molar-refractivity contribution in [2.24, 2.45) is 0 Å². The van der Waals surface area contributed by atoms with Crippen LogP contribution in [0.2, 0.25) is 0 Å². The standard InChI is InChI=1S/C10H12N2O2/c1-11-10-12-7-9(14-10)5-4-8-3-2-6-13-8/h2-3,6-7H,4-5H2,1H3,(H,11,12). The summed E-state index contributed by atoms with van der Waals surface area (Å²) >= 11 is 0. The van der Waals surface area contributed by atoms with E-state index in [4.69, 9.17) is 8.83 Å². The van der Waals surface area contributed by atoms with Crippen molar-refractivity contribution in [2.45, 2.75) is 12.8 Å². The maximum atomic E-state index is 5.37. The van der Waals surface area contributed by atoms with Crippen LogP contribution in [0.3, 0.4) is 0 Å². The fourth-order valence-electron chi connectivity index (χ4n) is 1.24. The highest BCUT2D eigenvalue weighted by Gasteiger charge is 2.03. The van der Waals surface area contributed by atoms with Crippen LogP contribution in [0, 0.1) is 0 Å². The summed E-state index contributed by atoms with van der Waals surface area (Å²) in [5.74, 6) is 1.83. The third-order valence-electron chi connectivity index (χ3n) is 1.97. The molecule has 0 aliphatic rings. The Morgan fingerprint density at radius 1 is 1.36 bits per heavy atom. The van der Waals surface area contributed by atoms with Crippen molar-refractivity contribution in [2.75, 3.05) is 12.4 Å². The van der Waals surface area contributed by atoms with Crippen LogP contribution in [0.25, 0.3) is 0 Å². The van der Waals surface area contributed by atoms with Crippen LogP contribution >= 0.6 is 0 Å². The number of aromatic nitrogens is 1. The van der Waals surface area contributed by atoms with Gasteiger partial charge in [-0.25, -0.2) is 4.98 Å². The van der Waals surface area contributed by atoms with Gasteiger partial charge in [0.05, 0.1) is 12.5 Å². The molecular weight excluding hydrogens is 180 g/mol. The van der Waals surface area contributed by atoms with Crippen LogP contribution in [0.5, 0.6) is 0 Å². The molecule has 0 unspecified atom stereocenters. The number of nitrogens with zero attached hydrogens (tertiary/aromatic N) is 1. The minimum atomic E-state index is 0.555. The smallest absolute Gasteiger partial charge is 0.294 e. The number of oxazole rings is 1. The zero-order chi connectivity index (χ0) is 9.80. The van der Waals surface area contributed by atoms with E-state index >= 15 is 0 Å². The summed E-state index contributed by atoms with van der Waals surface area (Å²) in [5, 5.41) is 2.84. The summed E-state index contributed by atoms with van der Waals surface area (Å²) in [6, 6.07) is 4.39. The van der Waals surface area contributed by atoms with Crippen LogP contribution in [0.1, 0.15) is 11.5 Å². The van der Waals surface area contributed by atoms with E-state index < -0.39 is 0 Å². The lowest BCUT2D eigenvalue weighted by Gasteiger charge is -1.93. The van der Waals surface area contributed by atoms with Gasteiger partial charge in [-0.05, 0) is 12.1 Å². The molecule has 2 aromatic rings. The van der Waals surface area contributed by atoms with Gasteiger partial charge >= 0.3 is 0 Å². The van der Waals surface area contributed by atoms with Crippen LogP contribution in [-0.4, -0.2) is 12.0 Å². The van der Waals surface area contributed by atoms with Crippen molar-refractivity contribution < 1.29 is 8.83 Å². The minimum absolute atomic E-state index is 0.555. The van der Waals surface area contributed by atoms with Crippen molar-refractivity contribution in [3.05, 3.63) is 36.1 Å². The fourth-order valence-corrected chi connectivity index (χ4v) is 1.24. The Bertz CT molecular complexity index is 378. The average molecular weight is 192 g/mol. The normalized spacial score (nSPS) is 10.4. The first-order valence-electron chi connectivity index (χ1n) is 4.53. The number of rotatable bonds is 4. The van der Waals surface area contributed by atoms with E-state index in [-0.39, 0.29) is 0 Å². The highest BCUT2D eigenvalue weighted by Crippen LogP contribution is 2.11. The molecule has 4 heteroatoms. The monoisotopic (exact) mass is 192 g/mol. The first kappa shape index (κ1) is 8.87. The number of aryl methyl sites for hydroxylation is 2. The third kappa shape index (κ3) is 1.96. The van der Waals surface area contributed by atoms with E-state index in [0.29, 0.717) is 6.01 Å². The minimum Gasteiger partial charge on any atom is -0.469 e. The lowest BCUT2D eigenvalue weighted by Crippen LogP contribution is -1.87. The molecular formula is C10H12N2O2. The van der Waals surface area contributed by atoms with Crippen molar-refractivity contribution in [1.29, 1.82) is 0 Å². The predicted molar refractivity (Wildman–Crippen MR) is 52.2 cm³/mol. The summed E-state index contributed by atoms with van der Waals surface area (Å²) in [5.41, 5.74) is 0. The Morgan fingerprint density at radius 2 is 2.21 bits per heavy atom. The second-order valence-electron chi connectivity index (χ2n) is 2.96. The molecule has 0 radical (unpaired) electrons. The molecule has 0 saturated carbocycles. The molecule has 2 rings (SSSR count). The topological polar surface area (TPSA) is 51.2 Å². The van der Waals surface area contributed by atoms with Crippen LogP contribution in [0.15, 0.2) is 33.4 Å². The third-order valence-corrected chi connectivity index (χ3v) is 1.97. The van der Waals surface area contributed by atoms with Gasteiger partial charge in [-0.1, -0.05) is 0 Å². The van der Waals surface area contributed by atoms with Gasteiger partial charge in [0.25, 0.3) is 6.01 Å².